The minimum Gasteiger partial charge on any atom is -0.377 e. The van der Waals surface area contributed by atoms with Gasteiger partial charge in [-0.15, -0.1) is 4.91 Å². The molecule has 1 amide bonds. The molecule has 1 atom stereocenters. The predicted molar refractivity (Wildman–Crippen MR) is 89.9 cm³/mol. The summed E-state index contributed by atoms with van der Waals surface area (Å²) in [4.78, 5) is 37.5. The largest absolute Gasteiger partial charge is 0.377 e. The first-order valence-electron chi connectivity index (χ1n) is 8.33. The molecule has 2 heterocycles. The van der Waals surface area contributed by atoms with Crippen LogP contribution in [0.3, 0.4) is 0 Å². The second kappa shape index (κ2) is 7.66. The van der Waals surface area contributed by atoms with Crippen molar-refractivity contribution >= 4 is 17.3 Å². The molecular formula is C16H20N4O5. The molecule has 0 N–H and O–H groups in total. The number of hydrogen-bond acceptors (Lipinski definition) is 7. The molecule has 9 nitrogen and oxygen atoms in total. The Morgan fingerprint density at radius 3 is 2.68 bits per heavy atom. The van der Waals surface area contributed by atoms with Gasteiger partial charge in [-0.3, -0.25) is 19.8 Å². The third-order valence-corrected chi connectivity index (χ3v) is 4.66. The van der Waals surface area contributed by atoms with Crippen LogP contribution >= 0.6 is 0 Å². The van der Waals surface area contributed by atoms with Gasteiger partial charge in [-0.1, -0.05) is 0 Å². The van der Waals surface area contributed by atoms with Gasteiger partial charge in [-0.25, -0.2) is 0 Å². The molecule has 1 aromatic carbocycles. The number of carbonyl (C=O) groups excluding carboxylic acids is 1. The second-order valence-electron chi connectivity index (χ2n) is 6.28. The van der Waals surface area contributed by atoms with Crippen LogP contribution in [0.2, 0.25) is 0 Å². The van der Waals surface area contributed by atoms with Gasteiger partial charge in [0.15, 0.2) is 5.69 Å². The Hall–Kier alpha value is -2.39. The Bertz CT molecular complexity index is 666. The van der Waals surface area contributed by atoms with Crippen LogP contribution in [0, 0.1) is 15.0 Å². The number of nitro groups is 1. The maximum atomic E-state index is 12.6. The third kappa shape index (κ3) is 3.99. The van der Waals surface area contributed by atoms with Gasteiger partial charge in [0.25, 0.3) is 11.6 Å². The first kappa shape index (κ1) is 17.4. The SMILES string of the molecule is O=Nc1ccc(C(=O)N2CCN(CC3CCCO3)CC2)cc1[N+](=O)[O-]. The summed E-state index contributed by atoms with van der Waals surface area (Å²) in [6.07, 6.45) is 2.47. The van der Waals surface area contributed by atoms with Gasteiger partial charge in [0.1, 0.15) is 0 Å². The molecule has 0 saturated carbocycles. The van der Waals surface area contributed by atoms with Gasteiger partial charge in [-0.2, -0.15) is 0 Å². The van der Waals surface area contributed by atoms with Crippen molar-refractivity contribution in [1.29, 1.82) is 0 Å². The predicted octanol–water partition coefficient (Wildman–Crippen LogP) is 1.93. The van der Waals surface area contributed by atoms with Crippen molar-refractivity contribution in [2.45, 2.75) is 18.9 Å². The molecule has 3 rings (SSSR count). The van der Waals surface area contributed by atoms with E-state index in [0.717, 1.165) is 45.1 Å². The van der Waals surface area contributed by atoms with Crippen molar-refractivity contribution in [2.24, 2.45) is 5.18 Å². The molecule has 0 radical (unpaired) electrons. The molecule has 25 heavy (non-hydrogen) atoms. The number of benzene rings is 1. The highest BCUT2D eigenvalue weighted by molar-refractivity contribution is 5.95. The van der Waals surface area contributed by atoms with Crippen LogP contribution in [0.1, 0.15) is 23.2 Å². The number of ether oxygens (including phenoxy) is 1. The van der Waals surface area contributed by atoms with E-state index in [9.17, 15) is 19.8 Å². The summed E-state index contributed by atoms with van der Waals surface area (Å²) in [6, 6.07) is 3.74. The van der Waals surface area contributed by atoms with Crippen molar-refractivity contribution in [3.63, 3.8) is 0 Å². The Morgan fingerprint density at radius 2 is 2.08 bits per heavy atom. The highest BCUT2D eigenvalue weighted by Gasteiger charge is 2.27. The molecule has 2 aliphatic heterocycles. The monoisotopic (exact) mass is 348 g/mol. The van der Waals surface area contributed by atoms with Crippen LogP contribution < -0.4 is 0 Å². The van der Waals surface area contributed by atoms with Gasteiger partial charge in [-0.05, 0) is 30.2 Å². The van der Waals surface area contributed by atoms with Crippen molar-refractivity contribution in [1.82, 2.24) is 9.80 Å². The van der Waals surface area contributed by atoms with Crippen LogP contribution in [0.5, 0.6) is 0 Å². The number of nitro benzene ring substituents is 1. The molecule has 1 aromatic rings. The lowest BCUT2D eigenvalue weighted by Gasteiger charge is -2.35. The van der Waals surface area contributed by atoms with Crippen LogP contribution in [0.4, 0.5) is 11.4 Å². The topological polar surface area (TPSA) is 105 Å². The van der Waals surface area contributed by atoms with Crippen LogP contribution in [0.25, 0.3) is 0 Å². The standard InChI is InChI=1S/C16H20N4O5/c21-16(12-3-4-14(17-22)15(10-12)20(23)24)19-7-5-18(6-8-19)11-13-2-1-9-25-13/h3-4,10,13H,1-2,5-9,11H2. The van der Waals surface area contributed by atoms with Crippen molar-refractivity contribution in [3.8, 4) is 0 Å². The van der Waals surface area contributed by atoms with Crippen LogP contribution in [-0.2, 0) is 4.74 Å². The van der Waals surface area contributed by atoms with E-state index >= 15 is 0 Å². The quantitative estimate of drug-likeness (QED) is 0.457. The van der Waals surface area contributed by atoms with Gasteiger partial charge < -0.3 is 9.64 Å². The van der Waals surface area contributed by atoms with Crippen LogP contribution in [0.15, 0.2) is 23.4 Å². The summed E-state index contributed by atoms with van der Waals surface area (Å²) < 4.78 is 5.64. The number of rotatable bonds is 5. The summed E-state index contributed by atoms with van der Waals surface area (Å²) in [5.74, 6) is -0.266. The summed E-state index contributed by atoms with van der Waals surface area (Å²) in [7, 11) is 0. The van der Waals surface area contributed by atoms with E-state index in [-0.39, 0.29) is 23.3 Å². The van der Waals surface area contributed by atoms with Crippen molar-refractivity contribution in [3.05, 3.63) is 38.8 Å². The van der Waals surface area contributed by atoms with Crippen molar-refractivity contribution < 1.29 is 14.5 Å². The first-order valence-corrected chi connectivity index (χ1v) is 8.33. The van der Waals surface area contributed by atoms with E-state index in [4.69, 9.17) is 4.74 Å². The molecule has 0 bridgehead atoms. The minimum absolute atomic E-state index is 0.201. The number of amides is 1. The zero-order valence-corrected chi connectivity index (χ0v) is 13.8. The average molecular weight is 348 g/mol. The van der Waals surface area contributed by atoms with E-state index in [1.54, 1.807) is 4.90 Å². The molecule has 2 fully saturated rings. The highest BCUT2D eigenvalue weighted by atomic mass is 16.6. The lowest BCUT2D eigenvalue weighted by Crippen LogP contribution is -2.50. The number of hydrogen-bond donors (Lipinski definition) is 0. The summed E-state index contributed by atoms with van der Waals surface area (Å²) in [6.45, 7) is 4.34. The average Bonchev–Trinajstić information content (AvgIpc) is 3.14. The fraction of sp³-hybridized carbons (Fsp3) is 0.562. The molecule has 2 saturated heterocycles. The Morgan fingerprint density at radius 1 is 1.32 bits per heavy atom. The third-order valence-electron chi connectivity index (χ3n) is 4.66. The zero-order chi connectivity index (χ0) is 17.8. The summed E-state index contributed by atoms with van der Waals surface area (Å²) in [5.41, 5.74) is -0.521. The lowest BCUT2D eigenvalue weighted by atomic mass is 10.1. The lowest BCUT2D eigenvalue weighted by molar-refractivity contribution is -0.384. The fourth-order valence-electron chi connectivity index (χ4n) is 3.27. The molecule has 0 aliphatic carbocycles. The molecule has 1 unspecified atom stereocenters. The molecular weight excluding hydrogens is 328 g/mol. The Kier molecular flexibility index (Phi) is 5.34. The first-order chi connectivity index (χ1) is 12.1. The fourth-order valence-corrected chi connectivity index (χ4v) is 3.27. The smallest absolute Gasteiger partial charge is 0.299 e. The molecule has 9 heteroatoms. The molecule has 0 aromatic heterocycles. The highest BCUT2D eigenvalue weighted by Crippen LogP contribution is 2.28. The van der Waals surface area contributed by atoms with E-state index in [1.165, 1.54) is 12.1 Å². The molecule has 134 valence electrons. The molecule has 0 spiro atoms. The van der Waals surface area contributed by atoms with E-state index in [0.29, 0.717) is 13.1 Å². The Labute approximate surface area is 144 Å². The van der Waals surface area contributed by atoms with Crippen molar-refractivity contribution in [2.75, 3.05) is 39.3 Å². The summed E-state index contributed by atoms with van der Waals surface area (Å²) in [5, 5.41) is 13.6. The van der Waals surface area contributed by atoms with E-state index in [2.05, 4.69) is 10.1 Å². The number of nitrogens with zero attached hydrogens (tertiary/aromatic N) is 4. The second-order valence-corrected chi connectivity index (χ2v) is 6.28. The van der Waals surface area contributed by atoms with Gasteiger partial charge in [0.2, 0.25) is 0 Å². The molecule has 2 aliphatic rings. The Balaban J connectivity index is 1.61. The van der Waals surface area contributed by atoms with E-state index < -0.39 is 10.6 Å². The van der Waals surface area contributed by atoms with Crippen LogP contribution in [-0.4, -0.2) is 66.1 Å². The van der Waals surface area contributed by atoms with E-state index in [1.807, 2.05) is 0 Å². The minimum atomic E-state index is -0.701. The van der Waals surface area contributed by atoms with Gasteiger partial charge in [0.05, 0.1) is 11.0 Å². The number of carbonyl (C=O) groups is 1. The number of nitroso groups, excluding NO2 is 1. The maximum Gasteiger partial charge on any atom is 0.299 e. The summed E-state index contributed by atoms with van der Waals surface area (Å²) >= 11 is 0. The zero-order valence-electron chi connectivity index (χ0n) is 13.8. The number of piperazine rings is 1. The van der Waals surface area contributed by atoms with Gasteiger partial charge in [0, 0.05) is 51.0 Å². The normalized spacial score (nSPS) is 21.3. The van der Waals surface area contributed by atoms with Gasteiger partial charge >= 0.3 is 0 Å². The maximum absolute atomic E-state index is 12.6.